The molecule has 1 fully saturated rings. The summed E-state index contributed by atoms with van der Waals surface area (Å²) in [5, 5.41) is 8.31. The van der Waals surface area contributed by atoms with Crippen molar-refractivity contribution in [2.45, 2.75) is 25.2 Å². The monoisotopic (exact) mass is 150 g/mol. The molecule has 10 heavy (non-hydrogen) atoms. The van der Waals surface area contributed by atoms with Crippen molar-refractivity contribution in [1.29, 1.82) is 0 Å². The first kappa shape index (κ1) is 7.44. The predicted molar refractivity (Wildman–Crippen MR) is 29.9 cm³/mol. The van der Waals surface area contributed by atoms with Crippen molar-refractivity contribution in [2.75, 3.05) is 0 Å². The number of rotatable bonds is 1. The van der Waals surface area contributed by atoms with Crippen LogP contribution in [0.15, 0.2) is 0 Å². The second-order valence-electron chi connectivity index (χ2n) is 2.63. The molecule has 0 spiro atoms. The minimum absolute atomic E-state index is 0.113. The Morgan fingerprint density at radius 2 is 2.20 bits per heavy atom. The van der Waals surface area contributed by atoms with Gasteiger partial charge in [0.1, 0.15) is 0 Å². The number of alkyl halides is 2. The molecule has 0 amide bonds. The van der Waals surface area contributed by atoms with E-state index in [0.29, 0.717) is 0 Å². The van der Waals surface area contributed by atoms with E-state index < -0.39 is 24.2 Å². The predicted octanol–water partition coefficient (Wildman–Crippen LogP) is 1.51. The molecule has 0 bridgehead atoms. The van der Waals surface area contributed by atoms with Crippen molar-refractivity contribution in [3.8, 4) is 0 Å². The zero-order valence-corrected chi connectivity index (χ0v) is 5.31. The number of aliphatic carboxylic acids is 1. The van der Waals surface area contributed by atoms with Crippen LogP contribution in [0.5, 0.6) is 0 Å². The molecule has 0 aromatic heterocycles. The van der Waals surface area contributed by atoms with Crippen LogP contribution in [0.25, 0.3) is 0 Å². The van der Waals surface area contributed by atoms with E-state index in [-0.39, 0.29) is 12.8 Å². The van der Waals surface area contributed by atoms with Crippen LogP contribution in [0.2, 0.25) is 0 Å². The van der Waals surface area contributed by atoms with E-state index in [4.69, 9.17) is 5.11 Å². The van der Waals surface area contributed by atoms with Crippen LogP contribution >= 0.6 is 0 Å². The lowest BCUT2D eigenvalue weighted by molar-refractivity contribution is -0.142. The van der Waals surface area contributed by atoms with Gasteiger partial charge in [0.25, 0.3) is 0 Å². The van der Waals surface area contributed by atoms with Gasteiger partial charge >= 0.3 is 5.97 Å². The summed E-state index contributed by atoms with van der Waals surface area (Å²) in [5.41, 5.74) is 0. The quantitative estimate of drug-likeness (QED) is 0.615. The first-order valence-corrected chi connectivity index (χ1v) is 3.12. The summed E-state index contributed by atoms with van der Waals surface area (Å²) in [6.07, 6.45) is -0.644. The largest absolute Gasteiger partial charge is 0.481 e. The number of carbonyl (C=O) groups is 1. The highest BCUT2D eigenvalue weighted by atomic mass is 19.3. The molecule has 1 N–H and O–H groups in total. The van der Waals surface area contributed by atoms with Crippen LogP contribution in [0.4, 0.5) is 8.78 Å². The van der Waals surface area contributed by atoms with Gasteiger partial charge in [-0.3, -0.25) is 4.79 Å². The van der Waals surface area contributed by atoms with Gasteiger partial charge in [0.05, 0.1) is 5.92 Å². The van der Waals surface area contributed by atoms with Gasteiger partial charge in [0, 0.05) is 12.8 Å². The minimum atomic E-state index is -2.73. The lowest BCUT2D eigenvalue weighted by Crippen LogP contribution is -2.14. The van der Waals surface area contributed by atoms with Crippen LogP contribution in [-0.2, 0) is 4.79 Å². The molecular formula is C6H8F2O2. The number of halogens is 2. The van der Waals surface area contributed by atoms with Gasteiger partial charge in [-0.15, -0.1) is 0 Å². The highest BCUT2D eigenvalue weighted by Crippen LogP contribution is 2.38. The van der Waals surface area contributed by atoms with Crippen LogP contribution in [0.1, 0.15) is 19.3 Å². The number of hydrogen-bond acceptors (Lipinski definition) is 1. The second kappa shape index (κ2) is 2.18. The number of carboxylic acid groups (broad SMARTS) is 1. The van der Waals surface area contributed by atoms with Crippen molar-refractivity contribution < 1.29 is 18.7 Å². The maximum atomic E-state index is 12.3. The summed E-state index contributed by atoms with van der Waals surface area (Å²) < 4.78 is 24.6. The summed E-state index contributed by atoms with van der Waals surface area (Å²) >= 11 is 0. The van der Waals surface area contributed by atoms with Crippen molar-refractivity contribution >= 4 is 5.97 Å². The van der Waals surface area contributed by atoms with E-state index in [1.54, 1.807) is 0 Å². The molecule has 2 nitrogen and oxygen atoms in total. The molecule has 1 rings (SSSR count). The molecule has 1 atom stereocenters. The molecule has 1 aliphatic rings. The first-order valence-electron chi connectivity index (χ1n) is 3.12. The smallest absolute Gasteiger partial charge is 0.306 e. The zero-order chi connectivity index (χ0) is 7.78. The van der Waals surface area contributed by atoms with Crippen LogP contribution in [0, 0.1) is 5.92 Å². The molecule has 0 aliphatic heterocycles. The third kappa shape index (κ3) is 1.43. The topological polar surface area (TPSA) is 37.3 Å². The molecule has 4 heteroatoms. The Balaban J connectivity index is 2.51. The molecule has 0 saturated heterocycles. The van der Waals surface area contributed by atoms with Crippen LogP contribution in [-0.4, -0.2) is 17.0 Å². The molecule has 1 aliphatic carbocycles. The van der Waals surface area contributed by atoms with Gasteiger partial charge in [-0.1, -0.05) is 0 Å². The molecular weight excluding hydrogens is 142 g/mol. The van der Waals surface area contributed by atoms with Gasteiger partial charge in [0.2, 0.25) is 5.92 Å². The van der Waals surface area contributed by atoms with Gasteiger partial charge in [-0.2, -0.15) is 0 Å². The second-order valence-corrected chi connectivity index (χ2v) is 2.63. The molecule has 58 valence electrons. The lowest BCUT2D eigenvalue weighted by atomic mass is 10.1. The normalized spacial score (nSPS) is 30.4. The van der Waals surface area contributed by atoms with E-state index >= 15 is 0 Å². The Labute approximate surface area is 56.8 Å². The zero-order valence-electron chi connectivity index (χ0n) is 5.31. The molecule has 0 aromatic rings. The lowest BCUT2D eigenvalue weighted by Gasteiger charge is -2.05. The van der Waals surface area contributed by atoms with Crippen molar-refractivity contribution in [3.05, 3.63) is 0 Å². The standard InChI is InChI=1S/C6H8F2O2/c7-6(8)2-1-4(3-6)5(9)10/h4H,1-3H2,(H,9,10)/t4-/m0/s1. The Kier molecular flexibility index (Phi) is 1.62. The first-order chi connectivity index (χ1) is 4.51. The SMILES string of the molecule is O=C(O)[C@H]1CCC(F)(F)C1. The van der Waals surface area contributed by atoms with Gasteiger partial charge in [-0.25, -0.2) is 8.78 Å². The average molecular weight is 150 g/mol. The fourth-order valence-electron chi connectivity index (χ4n) is 1.16. The molecule has 0 unspecified atom stereocenters. The van der Waals surface area contributed by atoms with Crippen LogP contribution in [0.3, 0.4) is 0 Å². The summed E-state index contributed by atoms with van der Waals surface area (Å²) in [5.74, 6) is -4.66. The number of hydrogen-bond donors (Lipinski definition) is 1. The Hall–Kier alpha value is -0.670. The molecule has 0 radical (unpaired) electrons. The Morgan fingerprint density at radius 3 is 2.40 bits per heavy atom. The van der Waals surface area contributed by atoms with Gasteiger partial charge in [-0.05, 0) is 6.42 Å². The van der Waals surface area contributed by atoms with Crippen molar-refractivity contribution in [2.24, 2.45) is 5.92 Å². The fraction of sp³-hybridized carbons (Fsp3) is 0.833. The minimum Gasteiger partial charge on any atom is -0.481 e. The summed E-state index contributed by atoms with van der Waals surface area (Å²) in [7, 11) is 0. The third-order valence-corrected chi connectivity index (χ3v) is 1.75. The van der Waals surface area contributed by atoms with Crippen LogP contribution < -0.4 is 0 Å². The van der Waals surface area contributed by atoms with Crippen molar-refractivity contribution in [3.63, 3.8) is 0 Å². The number of carboxylic acids is 1. The summed E-state index contributed by atoms with van der Waals surface area (Å²) in [4.78, 5) is 10.2. The van der Waals surface area contributed by atoms with Crippen molar-refractivity contribution in [1.82, 2.24) is 0 Å². The molecule has 0 aromatic carbocycles. The molecule has 0 heterocycles. The van der Waals surface area contributed by atoms with E-state index in [2.05, 4.69) is 0 Å². The van der Waals surface area contributed by atoms with Gasteiger partial charge < -0.3 is 5.11 Å². The van der Waals surface area contributed by atoms with Gasteiger partial charge in [0.15, 0.2) is 0 Å². The highest BCUT2D eigenvalue weighted by molar-refractivity contribution is 5.70. The van der Waals surface area contributed by atoms with E-state index in [1.807, 2.05) is 0 Å². The Bertz CT molecular complexity index is 156. The summed E-state index contributed by atoms with van der Waals surface area (Å²) in [6, 6.07) is 0. The maximum absolute atomic E-state index is 12.3. The van der Waals surface area contributed by atoms with E-state index in [0.717, 1.165) is 0 Å². The highest BCUT2D eigenvalue weighted by Gasteiger charge is 2.42. The third-order valence-electron chi connectivity index (χ3n) is 1.75. The summed E-state index contributed by atoms with van der Waals surface area (Å²) in [6.45, 7) is 0. The maximum Gasteiger partial charge on any atom is 0.306 e. The van der Waals surface area contributed by atoms with E-state index in [1.165, 1.54) is 0 Å². The fourth-order valence-corrected chi connectivity index (χ4v) is 1.16. The Morgan fingerprint density at radius 1 is 1.60 bits per heavy atom. The van der Waals surface area contributed by atoms with E-state index in [9.17, 15) is 13.6 Å². The molecule has 1 saturated carbocycles. The average Bonchev–Trinajstić information content (AvgIpc) is 2.10.